The Morgan fingerprint density at radius 3 is 2.72 bits per heavy atom. The second kappa shape index (κ2) is 8.08. The smallest absolute Gasteiger partial charge is 0.323 e. The minimum Gasteiger partial charge on any atom is -0.383 e. The highest BCUT2D eigenvalue weighted by Crippen LogP contribution is 2.16. The minimum absolute atomic E-state index is 0.0747. The van der Waals surface area contributed by atoms with E-state index in [-0.39, 0.29) is 12.1 Å². The molecule has 0 saturated carbocycles. The van der Waals surface area contributed by atoms with Crippen LogP contribution in [-0.2, 0) is 4.74 Å². The third-order valence-corrected chi connectivity index (χ3v) is 3.33. The van der Waals surface area contributed by atoms with Gasteiger partial charge in [-0.3, -0.25) is 10.7 Å². The van der Waals surface area contributed by atoms with Crippen LogP contribution in [0.4, 0.5) is 4.79 Å². The van der Waals surface area contributed by atoms with Crippen molar-refractivity contribution in [1.82, 2.24) is 10.2 Å². The van der Waals surface area contributed by atoms with Gasteiger partial charge in [-0.15, -0.1) is 0 Å². The molecule has 0 spiro atoms. The fourth-order valence-corrected chi connectivity index (χ4v) is 2.26. The lowest BCUT2D eigenvalue weighted by molar-refractivity contribution is 0.148. The molecule has 1 rings (SSSR count). The van der Waals surface area contributed by atoms with Gasteiger partial charge in [0.2, 0.25) is 0 Å². The SMILES string of the molecule is CCCCCCCC1C(=N)NC(=O)N1CCOC. The van der Waals surface area contributed by atoms with Crippen LogP contribution in [-0.4, -0.2) is 43.1 Å². The number of amidine groups is 1. The maximum Gasteiger partial charge on any atom is 0.323 e. The lowest BCUT2D eigenvalue weighted by atomic mass is 10.1. The molecule has 2 amide bonds. The summed E-state index contributed by atoms with van der Waals surface area (Å²) in [6.07, 6.45) is 6.89. The Bertz CT molecular complexity index is 281. The van der Waals surface area contributed by atoms with Crippen LogP contribution in [0.5, 0.6) is 0 Å². The standard InChI is InChI=1S/C13H25N3O2/c1-3-4-5-6-7-8-11-12(14)15-13(17)16(11)9-10-18-2/h11H,3-10H2,1-2H3,(H2,14,15,17). The van der Waals surface area contributed by atoms with Crippen molar-refractivity contribution in [2.45, 2.75) is 51.5 Å². The fraction of sp³-hybridized carbons (Fsp3) is 0.846. The molecule has 0 aromatic carbocycles. The van der Waals surface area contributed by atoms with E-state index in [1.54, 1.807) is 12.0 Å². The van der Waals surface area contributed by atoms with E-state index in [0.717, 1.165) is 12.8 Å². The molecular formula is C13H25N3O2. The molecule has 104 valence electrons. The average molecular weight is 255 g/mol. The van der Waals surface area contributed by atoms with Gasteiger partial charge in [0.05, 0.1) is 12.6 Å². The van der Waals surface area contributed by atoms with Crippen molar-refractivity contribution in [2.24, 2.45) is 0 Å². The van der Waals surface area contributed by atoms with E-state index < -0.39 is 0 Å². The molecule has 0 radical (unpaired) electrons. The number of carbonyl (C=O) groups is 1. The molecule has 1 heterocycles. The first-order valence-electron chi connectivity index (χ1n) is 6.85. The normalized spacial score (nSPS) is 19.4. The highest BCUT2D eigenvalue weighted by Gasteiger charge is 2.34. The van der Waals surface area contributed by atoms with E-state index in [2.05, 4.69) is 12.2 Å². The molecule has 1 aliphatic rings. The molecule has 1 atom stereocenters. The van der Waals surface area contributed by atoms with E-state index >= 15 is 0 Å². The zero-order valence-electron chi connectivity index (χ0n) is 11.5. The topological polar surface area (TPSA) is 65.4 Å². The number of ether oxygens (including phenoxy) is 1. The number of carbonyl (C=O) groups excluding carboxylic acids is 1. The van der Waals surface area contributed by atoms with Crippen molar-refractivity contribution in [3.63, 3.8) is 0 Å². The van der Waals surface area contributed by atoms with E-state index in [1.165, 1.54) is 25.7 Å². The second-order valence-corrected chi connectivity index (χ2v) is 4.75. The molecule has 18 heavy (non-hydrogen) atoms. The molecule has 5 nitrogen and oxygen atoms in total. The molecule has 1 aliphatic heterocycles. The number of methoxy groups -OCH3 is 1. The van der Waals surface area contributed by atoms with E-state index in [0.29, 0.717) is 19.0 Å². The lowest BCUT2D eigenvalue weighted by Gasteiger charge is -2.22. The van der Waals surface area contributed by atoms with Gasteiger partial charge in [-0.2, -0.15) is 0 Å². The third-order valence-electron chi connectivity index (χ3n) is 3.33. The van der Waals surface area contributed by atoms with Crippen LogP contribution in [0.3, 0.4) is 0 Å². The van der Waals surface area contributed by atoms with Crippen LogP contribution in [0.25, 0.3) is 0 Å². The van der Waals surface area contributed by atoms with E-state index in [4.69, 9.17) is 10.1 Å². The van der Waals surface area contributed by atoms with Gasteiger partial charge in [0.15, 0.2) is 0 Å². The molecule has 0 aliphatic carbocycles. The first-order valence-corrected chi connectivity index (χ1v) is 6.85. The molecule has 1 fully saturated rings. The van der Waals surface area contributed by atoms with Gasteiger partial charge < -0.3 is 9.64 Å². The number of nitrogens with one attached hydrogen (secondary N) is 2. The molecule has 2 N–H and O–H groups in total. The zero-order chi connectivity index (χ0) is 13.4. The number of hydrogen-bond donors (Lipinski definition) is 2. The summed E-state index contributed by atoms with van der Waals surface area (Å²) in [5.74, 6) is 0.339. The Labute approximate surface area is 109 Å². The summed E-state index contributed by atoms with van der Waals surface area (Å²) < 4.78 is 5.00. The molecule has 5 heteroatoms. The van der Waals surface area contributed by atoms with Crippen molar-refractivity contribution in [3.05, 3.63) is 0 Å². The van der Waals surface area contributed by atoms with Crippen LogP contribution < -0.4 is 5.32 Å². The fourth-order valence-electron chi connectivity index (χ4n) is 2.26. The minimum atomic E-state index is -0.157. The van der Waals surface area contributed by atoms with E-state index in [1.807, 2.05) is 0 Å². The number of rotatable bonds is 9. The van der Waals surface area contributed by atoms with Gasteiger partial charge in [-0.1, -0.05) is 39.0 Å². The highest BCUT2D eigenvalue weighted by molar-refractivity contribution is 6.05. The average Bonchev–Trinajstić information content (AvgIpc) is 2.61. The molecular weight excluding hydrogens is 230 g/mol. The van der Waals surface area contributed by atoms with Gasteiger partial charge in [0, 0.05) is 13.7 Å². The van der Waals surface area contributed by atoms with Crippen molar-refractivity contribution >= 4 is 11.9 Å². The number of hydrogen-bond acceptors (Lipinski definition) is 3. The number of amides is 2. The summed E-state index contributed by atoms with van der Waals surface area (Å²) in [5.41, 5.74) is 0. The van der Waals surface area contributed by atoms with Crippen LogP contribution in [0, 0.1) is 5.41 Å². The van der Waals surface area contributed by atoms with Crippen LogP contribution in [0.15, 0.2) is 0 Å². The Balaban J connectivity index is 2.34. The Morgan fingerprint density at radius 1 is 1.33 bits per heavy atom. The predicted octanol–water partition coefficient (Wildman–Crippen LogP) is 2.36. The number of urea groups is 1. The quantitative estimate of drug-likeness (QED) is 0.621. The van der Waals surface area contributed by atoms with Gasteiger partial charge in [0.25, 0.3) is 0 Å². The molecule has 0 bridgehead atoms. The summed E-state index contributed by atoms with van der Waals surface area (Å²) in [6.45, 7) is 3.28. The zero-order valence-corrected chi connectivity index (χ0v) is 11.5. The Hall–Kier alpha value is -1.10. The summed E-state index contributed by atoms with van der Waals surface area (Å²) in [7, 11) is 1.62. The lowest BCUT2D eigenvalue weighted by Crippen LogP contribution is -2.37. The monoisotopic (exact) mass is 255 g/mol. The van der Waals surface area contributed by atoms with Gasteiger partial charge >= 0.3 is 6.03 Å². The third kappa shape index (κ3) is 4.29. The van der Waals surface area contributed by atoms with Gasteiger partial charge in [0.1, 0.15) is 5.84 Å². The van der Waals surface area contributed by atoms with Crippen molar-refractivity contribution in [3.8, 4) is 0 Å². The molecule has 0 aromatic heterocycles. The maximum atomic E-state index is 11.7. The van der Waals surface area contributed by atoms with Crippen LogP contribution in [0.2, 0.25) is 0 Å². The molecule has 0 aromatic rings. The van der Waals surface area contributed by atoms with Gasteiger partial charge in [-0.25, -0.2) is 4.79 Å². The summed E-state index contributed by atoms with van der Waals surface area (Å²) in [4.78, 5) is 13.4. The van der Waals surface area contributed by atoms with Crippen molar-refractivity contribution in [2.75, 3.05) is 20.3 Å². The van der Waals surface area contributed by atoms with Crippen molar-refractivity contribution < 1.29 is 9.53 Å². The van der Waals surface area contributed by atoms with Gasteiger partial charge in [-0.05, 0) is 6.42 Å². The number of nitrogens with zero attached hydrogens (tertiary/aromatic N) is 1. The summed E-state index contributed by atoms with van der Waals surface area (Å²) in [6, 6.07) is -0.232. The summed E-state index contributed by atoms with van der Waals surface area (Å²) >= 11 is 0. The first-order chi connectivity index (χ1) is 8.70. The predicted molar refractivity (Wildman–Crippen MR) is 72.0 cm³/mol. The second-order valence-electron chi connectivity index (χ2n) is 4.75. The Kier molecular flexibility index (Phi) is 6.72. The first kappa shape index (κ1) is 15.0. The van der Waals surface area contributed by atoms with Crippen LogP contribution >= 0.6 is 0 Å². The number of unbranched alkanes of at least 4 members (excludes halogenated alkanes) is 4. The molecule has 1 unspecified atom stereocenters. The highest BCUT2D eigenvalue weighted by atomic mass is 16.5. The largest absolute Gasteiger partial charge is 0.383 e. The Morgan fingerprint density at radius 2 is 2.06 bits per heavy atom. The summed E-state index contributed by atoms with van der Waals surface area (Å²) in [5, 5.41) is 10.4. The van der Waals surface area contributed by atoms with E-state index in [9.17, 15) is 4.79 Å². The van der Waals surface area contributed by atoms with Crippen LogP contribution in [0.1, 0.15) is 45.4 Å². The molecule has 1 saturated heterocycles. The van der Waals surface area contributed by atoms with Crippen molar-refractivity contribution in [1.29, 1.82) is 5.41 Å². The maximum absolute atomic E-state index is 11.7.